The molecule has 3 aromatic rings. The third-order valence-corrected chi connectivity index (χ3v) is 13.5. The minimum atomic E-state index is 0.0241. The predicted octanol–water partition coefficient (Wildman–Crippen LogP) is 11.9. The van der Waals surface area contributed by atoms with E-state index in [1.54, 1.807) is 5.57 Å². The number of aryl methyl sites for hydroxylation is 1. The summed E-state index contributed by atoms with van der Waals surface area (Å²) in [7, 11) is 0. The van der Waals surface area contributed by atoms with Crippen molar-refractivity contribution < 1.29 is 0 Å². The van der Waals surface area contributed by atoms with E-state index in [-0.39, 0.29) is 17.5 Å². The Bertz CT molecular complexity index is 2430. The van der Waals surface area contributed by atoms with Crippen LogP contribution in [-0.4, -0.2) is 22.1 Å². The molecule has 3 nitrogen and oxygen atoms in total. The van der Waals surface area contributed by atoms with Crippen LogP contribution in [0.25, 0.3) is 34.1 Å². The van der Waals surface area contributed by atoms with Gasteiger partial charge in [0, 0.05) is 28.4 Å². The van der Waals surface area contributed by atoms with E-state index >= 15 is 0 Å². The molecule has 3 heteroatoms. The van der Waals surface area contributed by atoms with Crippen molar-refractivity contribution in [3.63, 3.8) is 0 Å². The van der Waals surface area contributed by atoms with E-state index in [2.05, 4.69) is 146 Å². The molecular weight excluding hydrogens is 655 g/mol. The Balaban J connectivity index is 1.00. The van der Waals surface area contributed by atoms with Crippen molar-refractivity contribution in [2.75, 3.05) is 4.90 Å². The molecule has 266 valence electrons. The summed E-state index contributed by atoms with van der Waals surface area (Å²) in [5, 5.41) is 0. The van der Waals surface area contributed by atoms with Crippen LogP contribution in [0.5, 0.6) is 0 Å². The van der Waals surface area contributed by atoms with E-state index in [0.717, 1.165) is 68.6 Å². The van der Waals surface area contributed by atoms with Gasteiger partial charge in [0.2, 0.25) is 5.95 Å². The van der Waals surface area contributed by atoms with E-state index in [1.165, 1.54) is 61.4 Å². The predicted molar refractivity (Wildman–Crippen MR) is 225 cm³/mol. The van der Waals surface area contributed by atoms with Crippen molar-refractivity contribution in [3.05, 3.63) is 172 Å². The normalized spacial score (nSPS) is 26.6. The Kier molecular flexibility index (Phi) is 7.38. The van der Waals surface area contributed by atoms with Gasteiger partial charge in [0.05, 0.1) is 23.5 Å². The van der Waals surface area contributed by atoms with Gasteiger partial charge in [-0.2, -0.15) is 0 Å². The van der Waals surface area contributed by atoms with Gasteiger partial charge in [-0.3, -0.25) is 0 Å². The minimum absolute atomic E-state index is 0.0241. The van der Waals surface area contributed by atoms with Crippen molar-refractivity contribution in [3.8, 4) is 11.3 Å². The van der Waals surface area contributed by atoms with Crippen LogP contribution in [0.1, 0.15) is 92.3 Å². The molecule has 54 heavy (non-hydrogen) atoms. The van der Waals surface area contributed by atoms with Gasteiger partial charge in [-0.15, -0.1) is 0 Å². The first-order chi connectivity index (χ1) is 26.5. The van der Waals surface area contributed by atoms with Crippen LogP contribution in [0.3, 0.4) is 0 Å². The molecule has 4 atom stereocenters. The summed E-state index contributed by atoms with van der Waals surface area (Å²) in [4.78, 5) is 13.6. The summed E-state index contributed by atoms with van der Waals surface area (Å²) >= 11 is 0. The van der Waals surface area contributed by atoms with E-state index < -0.39 is 0 Å². The van der Waals surface area contributed by atoms with Crippen molar-refractivity contribution >= 4 is 28.7 Å². The molecule has 0 N–H and O–H groups in total. The average molecular weight is 702 g/mol. The summed E-state index contributed by atoms with van der Waals surface area (Å²) in [6.07, 6.45) is 42.1. The van der Waals surface area contributed by atoms with Crippen molar-refractivity contribution in [1.29, 1.82) is 0 Å². The lowest BCUT2D eigenvalue weighted by Gasteiger charge is -2.33. The summed E-state index contributed by atoms with van der Waals surface area (Å²) in [5.41, 5.74) is 18.8. The minimum Gasteiger partial charge on any atom is -0.327 e. The largest absolute Gasteiger partial charge is 0.327 e. The SMILES string of the molecule is CC1(C)C2=C(CCC=C2)c2ccc(C3=CC4C5C6=C(C=CC5N(c5nc7c(c(-c8ccc(C9=CCCC=C9)cc8)n5)C=CCC7)C4C=C3)CCC=C6)cc21. The molecule has 2 heterocycles. The first-order valence-corrected chi connectivity index (χ1v) is 20.4. The summed E-state index contributed by atoms with van der Waals surface area (Å²) in [6, 6.07) is 16.7. The van der Waals surface area contributed by atoms with Crippen LogP contribution in [0, 0.1) is 11.8 Å². The molecule has 0 radical (unpaired) electrons. The van der Waals surface area contributed by atoms with E-state index in [1.807, 2.05) is 0 Å². The molecule has 1 fully saturated rings. The van der Waals surface area contributed by atoms with Gasteiger partial charge in [-0.25, -0.2) is 9.97 Å². The van der Waals surface area contributed by atoms with Crippen molar-refractivity contribution in [2.45, 2.75) is 82.7 Å². The van der Waals surface area contributed by atoms with Crippen LogP contribution in [0.15, 0.2) is 138 Å². The molecule has 1 saturated heterocycles. The number of nitrogens with zero attached hydrogens (tertiary/aromatic N) is 3. The van der Waals surface area contributed by atoms with E-state index in [4.69, 9.17) is 9.97 Å². The number of fused-ring (bicyclic) bond motifs is 7. The quantitative estimate of drug-likeness (QED) is 0.271. The topological polar surface area (TPSA) is 29.0 Å². The maximum atomic E-state index is 5.54. The number of aromatic nitrogens is 2. The Morgan fingerprint density at radius 1 is 0.667 bits per heavy atom. The van der Waals surface area contributed by atoms with Crippen LogP contribution >= 0.6 is 0 Å². The Morgan fingerprint density at radius 2 is 1.44 bits per heavy atom. The van der Waals surface area contributed by atoms with Gasteiger partial charge in [-0.05, 0) is 113 Å². The number of hydrogen-bond donors (Lipinski definition) is 0. The molecule has 0 saturated carbocycles. The first kappa shape index (κ1) is 32.2. The third-order valence-electron chi connectivity index (χ3n) is 13.5. The molecule has 0 bridgehead atoms. The van der Waals surface area contributed by atoms with Gasteiger partial charge < -0.3 is 4.90 Å². The number of allylic oxidation sites excluding steroid dienone is 15. The van der Waals surface area contributed by atoms with Crippen LogP contribution in [0.2, 0.25) is 0 Å². The van der Waals surface area contributed by atoms with Gasteiger partial charge in [0.25, 0.3) is 0 Å². The van der Waals surface area contributed by atoms with Crippen molar-refractivity contribution in [2.24, 2.45) is 11.8 Å². The highest BCUT2D eigenvalue weighted by molar-refractivity contribution is 5.86. The molecule has 0 amide bonds. The fraction of sp³-hybridized carbons (Fsp3) is 0.294. The van der Waals surface area contributed by atoms with Gasteiger partial charge in [0.1, 0.15) is 0 Å². The fourth-order valence-electron chi connectivity index (χ4n) is 10.8. The molecule has 1 aromatic heterocycles. The number of benzene rings is 2. The molecule has 0 spiro atoms. The molecule has 11 rings (SSSR count). The molecule has 8 aliphatic rings. The summed E-state index contributed by atoms with van der Waals surface area (Å²) in [6.45, 7) is 4.82. The Morgan fingerprint density at radius 3 is 2.33 bits per heavy atom. The highest BCUT2D eigenvalue weighted by atomic mass is 15.3. The number of hydrogen-bond acceptors (Lipinski definition) is 3. The maximum absolute atomic E-state index is 5.54. The number of anilines is 1. The second-order valence-corrected chi connectivity index (χ2v) is 16.9. The maximum Gasteiger partial charge on any atom is 0.227 e. The average Bonchev–Trinajstić information content (AvgIpc) is 3.69. The molecule has 7 aliphatic carbocycles. The third kappa shape index (κ3) is 4.93. The summed E-state index contributed by atoms with van der Waals surface area (Å²) in [5.74, 6) is 1.51. The highest BCUT2D eigenvalue weighted by Gasteiger charge is 2.51. The van der Waals surface area contributed by atoms with Crippen LogP contribution in [-0.2, 0) is 11.8 Å². The lowest BCUT2D eigenvalue weighted by molar-refractivity contribution is 0.502. The van der Waals surface area contributed by atoms with Crippen LogP contribution in [0.4, 0.5) is 5.95 Å². The number of rotatable bonds is 4. The monoisotopic (exact) mass is 701 g/mol. The zero-order valence-corrected chi connectivity index (χ0v) is 31.4. The second-order valence-electron chi connectivity index (χ2n) is 16.9. The van der Waals surface area contributed by atoms with Gasteiger partial charge in [-0.1, -0.05) is 135 Å². The zero-order valence-electron chi connectivity index (χ0n) is 31.4. The van der Waals surface area contributed by atoms with E-state index in [0.29, 0.717) is 11.8 Å². The lowest BCUT2D eigenvalue weighted by atomic mass is 9.72. The zero-order chi connectivity index (χ0) is 36.0. The Hall–Kier alpha value is -5.28. The summed E-state index contributed by atoms with van der Waals surface area (Å²) < 4.78 is 0. The second kappa shape index (κ2) is 12.4. The molecule has 4 unspecified atom stereocenters. The van der Waals surface area contributed by atoms with Gasteiger partial charge >= 0.3 is 0 Å². The smallest absolute Gasteiger partial charge is 0.227 e. The fourth-order valence-corrected chi connectivity index (χ4v) is 10.8. The van der Waals surface area contributed by atoms with Crippen LogP contribution < -0.4 is 4.90 Å². The first-order valence-electron chi connectivity index (χ1n) is 20.4. The Labute approximate surface area is 320 Å². The molecule has 1 aliphatic heterocycles. The highest BCUT2D eigenvalue weighted by Crippen LogP contribution is 2.53. The van der Waals surface area contributed by atoms with E-state index in [9.17, 15) is 0 Å². The lowest BCUT2D eigenvalue weighted by Crippen LogP contribution is -2.39. The molecule has 2 aromatic carbocycles. The standard InChI is InChI=1S/C51H47N3/c1-51(2)43-18-10-8-16-39(43)40-27-24-37(31-44(40)51)36-26-28-46-42(30-36)48-38-15-7-6-14-34(38)25-29-47(48)54(46)50-52-45-19-11-9-17-41(45)49(53-50)35-22-20-33(21-23-35)32-12-4-3-5-13-32/h4,7,9-10,12-13,15,17-18,20-31,42,46-48H,3,5-6,8,11,14,16,19H2,1-2H3. The van der Waals surface area contributed by atoms with Crippen molar-refractivity contribution in [1.82, 2.24) is 9.97 Å². The van der Waals surface area contributed by atoms with Gasteiger partial charge in [0.15, 0.2) is 0 Å². The molecular formula is C51H47N3.